The number of para-hydroxylation sites is 4. The Morgan fingerprint density at radius 2 is 1.00 bits per heavy atom. The molecule has 0 saturated carbocycles. The minimum atomic E-state index is 1.18. The highest BCUT2D eigenvalue weighted by Gasteiger charge is 2.25. The van der Waals surface area contributed by atoms with Gasteiger partial charge in [0.1, 0.15) is 0 Å². The van der Waals surface area contributed by atoms with E-state index in [-0.39, 0.29) is 0 Å². The number of rotatable bonds is 1. The molecule has 3 heteroatoms. The van der Waals surface area contributed by atoms with Crippen molar-refractivity contribution in [2.24, 2.45) is 7.05 Å². The minimum Gasteiger partial charge on any atom is -0.342 e. The Morgan fingerprint density at radius 3 is 1.82 bits per heavy atom. The highest BCUT2D eigenvalue weighted by atomic mass is 15.0. The molecule has 0 N–H and O–H groups in total. The van der Waals surface area contributed by atoms with Crippen molar-refractivity contribution in [2.45, 2.75) is 0 Å². The summed E-state index contributed by atoms with van der Waals surface area (Å²) in [6.07, 6.45) is 0. The SMILES string of the molecule is Cn1c2cccc3c4cccc5c6ccccc6n(c6cc7c8ccccc8n(-c8ccccc8)c7c1c6c32)c45. The molecule has 6 aromatic carbocycles. The number of benzene rings is 6. The van der Waals surface area contributed by atoms with Crippen molar-refractivity contribution in [3.05, 3.63) is 121 Å². The zero-order valence-electron chi connectivity index (χ0n) is 21.9. The van der Waals surface area contributed by atoms with Crippen molar-refractivity contribution >= 4 is 81.7 Å². The monoisotopic (exact) mass is 509 g/mol. The summed E-state index contributed by atoms with van der Waals surface area (Å²) in [6, 6.07) is 44.6. The first kappa shape index (κ1) is 20.7. The summed E-state index contributed by atoms with van der Waals surface area (Å²) in [7, 11) is 2.24. The zero-order valence-corrected chi connectivity index (χ0v) is 21.9. The summed E-state index contributed by atoms with van der Waals surface area (Å²) in [5.41, 5.74) is 10.0. The lowest BCUT2D eigenvalue weighted by Crippen LogP contribution is -1.97. The number of aromatic nitrogens is 3. The maximum atomic E-state index is 2.54. The van der Waals surface area contributed by atoms with E-state index in [4.69, 9.17) is 0 Å². The van der Waals surface area contributed by atoms with Crippen LogP contribution in [0.15, 0.2) is 121 Å². The maximum absolute atomic E-state index is 2.54. The predicted molar refractivity (Wildman–Crippen MR) is 169 cm³/mol. The molecular formula is C37H23N3. The van der Waals surface area contributed by atoms with Crippen LogP contribution in [0.25, 0.3) is 87.4 Å². The van der Waals surface area contributed by atoms with Crippen LogP contribution in [0, 0.1) is 0 Å². The van der Waals surface area contributed by atoms with Gasteiger partial charge in [-0.2, -0.15) is 0 Å². The van der Waals surface area contributed by atoms with Crippen LogP contribution in [-0.4, -0.2) is 13.5 Å². The highest BCUT2D eigenvalue weighted by Crippen LogP contribution is 2.47. The van der Waals surface area contributed by atoms with Gasteiger partial charge in [0.25, 0.3) is 0 Å². The molecule has 0 atom stereocenters. The van der Waals surface area contributed by atoms with Crippen molar-refractivity contribution in [2.75, 3.05) is 0 Å². The molecule has 0 saturated heterocycles. The van der Waals surface area contributed by atoms with Crippen LogP contribution in [0.5, 0.6) is 0 Å². The molecule has 0 aliphatic heterocycles. The fourth-order valence-corrected chi connectivity index (χ4v) is 7.60. The topological polar surface area (TPSA) is 14.3 Å². The van der Waals surface area contributed by atoms with Crippen molar-refractivity contribution in [3.63, 3.8) is 0 Å². The van der Waals surface area contributed by atoms with Crippen LogP contribution in [-0.2, 0) is 7.05 Å². The lowest BCUT2D eigenvalue weighted by atomic mass is 10.0. The Kier molecular flexibility index (Phi) is 3.62. The van der Waals surface area contributed by atoms with Gasteiger partial charge >= 0.3 is 0 Å². The molecule has 0 bridgehead atoms. The van der Waals surface area contributed by atoms with E-state index in [1.165, 1.54) is 87.4 Å². The van der Waals surface area contributed by atoms with Gasteiger partial charge in [0.15, 0.2) is 0 Å². The molecule has 40 heavy (non-hydrogen) atoms. The second-order valence-corrected chi connectivity index (χ2v) is 11.0. The first-order chi connectivity index (χ1) is 19.8. The summed E-state index contributed by atoms with van der Waals surface area (Å²) >= 11 is 0. The highest BCUT2D eigenvalue weighted by molar-refractivity contribution is 6.35. The van der Waals surface area contributed by atoms with E-state index in [1.54, 1.807) is 0 Å². The molecule has 0 unspecified atom stereocenters. The molecule has 0 aliphatic rings. The lowest BCUT2D eigenvalue weighted by Gasteiger charge is -2.11. The smallest absolute Gasteiger partial charge is 0.0786 e. The normalized spacial score (nSPS) is 12.6. The van der Waals surface area contributed by atoms with E-state index < -0.39 is 0 Å². The number of aryl methyl sites for hydroxylation is 1. The van der Waals surface area contributed by atoms with Gasteiger partial charge in [-0.05, 0) is 41.8 Å². The number of fused-ring (bicyclic) bond motifs is 9. The Labute approximate surface area is 229 Å². The molecule has 0 radical (unpaired) electrons. The van der Waals surface area contributed by atoms with Crippen LogP contribution >= 0.6 is 0 Å². The molecule has 0 aliphatic carbocycles. The average Bonchev–Trinajstić information content (AvgIpc) is 3.60. The van der Waals surface area contributed by atoms with Crippen molar-refractivity contribution in [1.29, 1.82) is 0 Å². The average molecular weight is 510 g/mol. The molecule has 0 spiro atoms. The third-order valence-corrected chi connectivity index (χ3v) is 9.14. The van der Waals surface area contributed by atoms with Crippen molar-refractivity contribution in [3.8, 4) is 5.69 Å². The van der Waals surface area contributed by atoms with Crippen molar-refractivity contribution < 1.29 is 0 Å². The number of hydrogen-bond acceptors (Lipinski definition) is 0. The van der Waals surface area contributed by atoms with E-state index in [0.29, 0.717) is 0 Å². The van der Waals surface area contributed by atoms with E-state index in [0.717, 1.165) is 0 Å². The molecule has 0 fully saturated rings. The molecule has 4 heterocycles. The molecular weight excluding hydrogens is 486 g/mol. The summed E-state index contributed by atoms with van der Waals surface area (Å²) in [5, 5.41) is 10.4. The van der Waals surface area contributed by atoms with Gasteiger partial charge in [0.2, 0.25) is 0 Å². The first-order valence-electron chi connectivity index (χ1n) is 13.9. The fraction of sp³-hybridized carbons (Fsp3) is 0.0270. The van der Waals surface area contributed by atoms with E-state index in [2.05, 4.69) is 142 Å². The maximum Gasteiger partial charge on any atom is 0.0786 e. The Hall–Kier alpha value is -5.28. The van der Waals surface area contributed by atoms with E-state index in [9.17, 15) is 0 Å². The van der Waals surface area contributed by atoms with Crippen LogP contribution in [0.1, 0.15) is 0 Å². The summed E-state index contributed by atoms with van der Waals surface area (Å²) in [6.45, 7) is 0. The fourth-order valence-electron chi connectivity index (χ4n) is 7.60. The Morgan fingerprint density at radius 1 is 0.400 bits per heavy atom. The summed E-state index contributed by atoms with van der Waals surface area (Å²) in [4.78, 5) is 0. The lowest BCUT2D eigenvalue weighted by molar-refractivity contribution is 1.01. The van der Waals surface area contributed by atoms with E-state index >= 15 is 0 Å². The van der Waals surface area contributed by atoms with Gasteiger partial charge in [0.05, 0.1) is 33.1 Å². The largest absolute Gasteiger partial charge is 0.342 e. The first-order valence-corrected chi connectivity index (χ1v) is 13.9. The molecule has 0 amide bonds. The van der Waals surface area contributed by atoms with Crippen LogP contribution in [0.3, 0.4) is 0 Å². The number of nitrogens with zero attached hydrogens (tertiary/aromatic N) is 3. The second kappa shape index (κ2) is 7.02. The molecule has 10 rings (SSSR count). The third-order valence-electron chi connectivity index (χ3n) is 9.14. The van der Waals surface area contributed by atoms with Crippen molar-refractivity contribution in [1.82, 2.24) is 13.5 Å². The van der Waals surface area contributed by atoms with Gasteiger partial charge in [-0.15, -0.1) is 0 Å². The Bertz CT molecular complexity index is 2650. The zero-order chi connectivity index (χ0) is 26.1. The summed E-state index contributed by atoms with van der Waals surface area (Å²) < 4.78 is 7.43. The van der Waals surface area contributed by atoms with Gasteiger partial charge in [-0.25, -0.2) is 0 Å². The molecule has 186 valence electrons. The number of hydrogen-bond donors (Lipinski definition) is 0. The van der Waals surface area contributed by atoms with Gasteiger partial charge < -0.3 is 13.5 Å². The minimum absolute atomic E-state index is 1.18. The quantitative estimate of drug-likeness (QED) is 0.209. The van der Waals surface area contributed by atoms with Crippen LogP contribution in [0.4, 0.5) is 0 Å². The molecule has 3 nitrogen and oxygen atoms in total. The summed E-state index contributed by atoms with van der Waals surface area (Å²) in [5.74, 6) is 0. The Balaban J connectivity index is 1.64. The molecule has 4 aromatic heterocycles. The standard InChI is InChI=1S/C37H23N3/c1-38-31-20-10-15-25-27-17-9-16-26-23-13-5-8-19-30(23)40(35(26)27)32-21-28-24-14-6-7-18-29(24)39(22-11-3-2-4-12-22)36(28)37(38)34(32)33(25)31/h2-21H,1H3. The third kappa shape index (κ3) is 2.26. The second-order valence-electron chi connectivity index (χ2n) is 11.0. The van der Waals surface area contributed by atoms with Crippen LogP contribution in [0.2, 0.25) is 0 Å². The predicted octanol–water partition coefficient (Wildman–Crippen LogP) is 9.58. The van der Waals surface area contributed by atoms with Gasteiger partial charge in [-0.3, -0.25) is 0 Å². The van der Waals surface area contributed by atoms with E-state index in [1.807, 2.05) is 0 Å². The van der Waals surface area contributed by atoms with Gasteiger partial charge in [-0.1, -0.05) is 84.9 Å². The van der Waals surface area contributed by atoms with Crippen LogP contribution < -0.4 is 0 Å². The molecule has 10 aromatic rings. The van der Waals surface area contributed by atoms with Gasteiger partial charge in [0, 0.05) is 56.0 Å².